The molecule has 8 heteroatoms. The molecule has 0 aliphatic rings. The molecule has 1 atom stereocenters. The molecule has 0 saturated carbocycles. The molecule has 0 amide bonds. The van der Waals surface area contributed by atoms with Crippen LogP contribution >= 0.6 is 0 Å². The first-order chi connectivity index (χ1) is 8.65. The number of carboxylic acid groups (broad SMARTS) is 1. The molecule has 0 bridgehead atoms. The molecule has 106 valence electrons. The maximum atomic E-state index is 13.5. The summed E-state index contributed by atoms with van der Waals surface area (Å²) in [6.45, 7) is 2.36. The molecule has 0 aliphatic carbocycles. The molecular weight excluding hydrogens is 277 g/mol. The number of carbonyl (C=O) groups is 1. The Morgan fingerprint density at radius 1 is 1.47 bits per heavy atom. The molecule has 0 heterocycles. The molecule has 1 aromatic carbocycles. The average molecular weight is 291 g/mol. The van der Waals surface area contributed by atoms with Crippen LogP contribution in [0.3, 0.4) is 0 Å². The third-order valence-electron chi connectivity index (χ3n) is 2.40. The minimum Gasteiger partial charge on any atom is -0.478 e. The van der Waals surface area contributed by atoms with Crippen LogP contribution in [0.1, 0.15) is 22.8 Å². The van der Waals surface area contributed by atoms with Crippen LogP contribution in [0.2, 0.25) is 0 Å². The Hall–Kier alpha value is -1.51. The normalized spacial score (nSPS) is 13.3. The Labute approximate surface area is 109 Å². The first-order valence-corrected chi connectivity index (χ1v) is 6.84. The van der Waals surface area contributed by atoms with Gasteiger partial charge in [-0.3, -0.25) is 0 Å². The van der Waals surface area contributed by atoms with E-state index in [9.17, 15) is 17.6 Å². The summed E-state index contributed by atoms with van der Waals surface area (Å²) >= 11 is 0. The summed E-state index contributed by atoms with van der Waals surface area (Å²) in [7, 11) is -4.08. The molecular formula is C11H14FNO5S. The van der Waals surface area contributed by atoms with E-state index < -0.39 is 38.4 Å². The van der Waals surface area contributed by atoms with Gasteiger partial charge in [-0.1, -0.05) is 0 Å². The van der Waals surface area contributed by atoms with Gasteiger partial charge in [-0.25, -0.2) is 22.3 Å². The fraction of sp³-hybridized carbons (Fsp3) is 0.364. The molecule has 0 unspecified atom stereocenters. The summed E-state index contributed by atoms with van der Waals surface area (Å²) in [5.41, 5.74) is -0.636. The SMILES string of the molecule is Cc1c(F)cc(C(=O)O)cc1S(=O)(=O)NC[C@@H](C)O. The largest absolute Gasteiger partial charge is 0.478 e. The minimum atomic E-state index is -4.08. The third kappa shape index (κ3) is 3.72. The minimum absolute atomic E-state index is 0.178. The molecule has 3 N–H and O–H groups in total. The summed E-state index contributed by atoms with van der Waals surface area (Å²) in [6, 6.07) is 1.64. The summed E-state index contributed by atoms with van der Waals surface area (Å²) in [5.74, 6) is -2.34. The third-order valence-corrected chi connectivity index (χ3v) is 3.95. The number of carboxylic acids is 1. The van der Waals surface area contributed by atoms with Crippen LogP contribution in [-0.4, -0.2) is 37.2 Å². The number of aliphatic hydroxyl groups is 1. The highest BCUT2D eigenvalue weighted by Crippen LogP contribution is 2.20. The maximum absolute atomic E-state index is 13.5. The van der Waals surface area contributed by atoms with Crippen molar-refractivity contribution in [2.75, 3.05) is 6.54 Å². The number of aliphatic hydroxyl groups excluding tert-OH is 1. The smallest absolute Gasteiger partial charge is 0.335 e. The van der Waals surface area contributed by atoms with Crippen molar-refractivity contribution in [1.82, 2.24) is 4.72 Å². The van der Waals surface area contributed by atoms with Gasteiger partial charge in [-0.05, 0) is 26.0 Å². The van der Waals surface area contributed by atoms with Gasteiger partial charge in [0.2, 0.25) is 10.0 Å². The highest BCUT2D eigenvalue weighted by atomic mass is 32.2. The van der Waals surface area contributed by atoms with Crippen LogP contribution in [0.25, 0.3) is 0 Å². The number of rotatable bonds is 5. The summed E-state index contributed by atoms with van der Waals surface area (Å²) in [4.78, 5) is 10.3. The van der Waals surface area contributed by atoms with Gasteiger partial charge in [0.15, 0.2) is 0 Å². The second kappa shape index (κ2) is 5.64. The van der Waals surface area contributed by atoms with Crippen molar-refractivity contribution in [1.29, 1.82) is 0 Å². The lowest BCUT2D eigenvalue weighted by molar-refractivity contribution is 0.0696. The van der Waals surface area contributed by atoms with Gasteiger partial charge in [0.05, 0.1) is 16.6 Å². The zero-order valence-electron chi connectivity index (χ0n) is 10.3. The average Bonchev–Trinajstić information content (AvgIpc) is 2.29. The van der Waals surface area contributed by atoms with Crippen molar-refractivity contribution < 1.29 is 27.8 Å². The number of nitrogens with one attached hydrogen (secondary N) is 1. The van der Waals surface area contributed by atoms with Crippen LogP contribution < -0.4 is 4.72 Å². The number of benzene rings is 1. The quantitative estimate of drug-likeness (QED) is 0.732. The van der Waals surface area contributed by atoms with Gasteiger partial charge >= 0.3 is 5.97 Å². The van der Waals surface area contributed by atoms with Crippen molar-refractivity contribution in [3.63, 3.8) is 0 Å². The van der Waals surface area contributed by atoms with Gasteiger partial charge in [-0.2, -0.15) is 0 Å². The van der Waals surface area contributed by atoms with Crippen molar-refractivity contribution >= 4 is 16.0 Å². The lowest BCUT2D eigenvalue weighted by Gasteiger charge is -2.12. The zero-order chi connectivity index (χ0) is 14.8. The van der Waals surface area contributed by atoms with Crippen LogP contribution in [0.4, 0.5) is 4.39 Å². The Kier molecular flexibility index (Phi) is 4.61. The van der Waals surface area contributed by atoms with E-state index in [1.54, 1.807) is 0 Å². The van der Waals surface area contributed by atoms with Crippen molar-refractivity contribution in [3.8, 4) is 0 Å². The van der Waals surface area contributed by atoms with Crippen molar-refractivity contribution in [2.45, 2.75) is 24.8 Å². The van der Waals surface area contributed by atoms with Gasteiger partial charge in [0.1, 0.15) is 5.82 Å². The van der Waals surface area contributed by atoms with Crippen LogP contribution in [0, 0.1) is 12.7 Å². The number of sulfonamides is 1. The summed E-state index contributed by atoms with van der Waals surface area (Å²) in [5, 5.41) is 17.8. The lowest BCUT2D eigenvalue weighted by Crippen LogP contribution is -2.31. The van der Waals surface area contributed by atoms with Crippen molar-refractivity contribution in [2.24, 2.45) is 0 Å². The topological polar surface area (TPSA) is 104 Å². The van der Waals surface area contributed by atoms with Crippen LogP contribution in [-0.2, 0) is 10.0 Å². The second-order valence-corrected chi connectivity index (χ2v) is 5.82. The fourth-order valence-electron chi connectivity index (χ4n) is 1.36. The molecule has 0 fully saturated rings. The Bertz CT molecular complexity index is 597. The fourth-order valence-corrected chi connectivity index (χ4v) is 2.76. The van der Waals surface area contributed by atoms with E-state index in [4.69, 9.17) is 10.2 Å². The summed E-state index contributed by atoms with van der Waals surface area (Å²) in [6.07, 6.45) is -0.914. The maximum Gasteiger partial charge on any atom is 0.335 e. The van der Waals surface area contributed by atoms with Gasteiger partial charge in [0.25, 0.3) is 0 Å². The molecule has 0 spiro atoms. The van der Waals surface area contributed by atoms with E-state index in [0.717, 1.165) is 12.1 Å². The Morgan fingerprint density at radius 2 is 2.05 bits per heavy atom. The molecule has 6 nitrogen and oxygen atoms in total. The van der Waals surface area contributed by atoms with E-state index in [-0.39, 0.29) is 12.1 Å². The monoisotopic (exact) mass is 291 g/mol. The molecule has 1 aromatic rings. The van der Waals surface area contributed by atoms with Gasteiger partial charge in [0, 0.05) is 12.1 Å². The number of hydrogen-bond donors (Lipinski definition) is 3. The van der Waals surface area contributed by atoms with Crippen molar-refractivity contribution in [3.05, 3.63) is 29.1 Å². The predicted molar refractivity (Wildman–Crippen MR) is 65.0 cm³/mol. The number of halogens is 1. The first-order valence-electron chi connectivity index (χ1n) is 5.36. The molecule has 0 aliphatic heterocycles. The van der Waals surface area contributed by atoms with Gasteiger partial charge in [-0.15, -0.1) is 0 Å². The van der Waals surface area contributed by atoms with E-state index in [1.165, 1.54) is 13.8 Å². The summed E-state index contributed by atoms with van der Waals surface area (Å²) < 4.78 is 39.4. The zero-order valence-corrected chi connectivity index (χ0v) is 11.2. The Morgan fingerprint density at radius 3 is 2.53 bits per heavy atom. The van der Waals surface area contributed by atoms with Crippen LogP contribution in [0.15, 0.2) is 17.0 Å². The van der Waals surface area contributed by atoms with E-state index in [2.05, 4.69) is 4.72 Å². The standard InChI is InChI=1S/C11H14FNO5S/c1-6(14)5-13-19(17,18)10-4-8(11(15)16)3-9(12)7(10)2/h3-4,6,13-14H,5H2,1-2H3,(H,15,16)/t6-/m1/s1. The predicted octanol–water partition coefficient (Wildman–Crippen LogP) is 0.491. The molecule has 0 saturated heterocycles. The Balaban J connectivity index is 3.29. The number of aromatic carboxylic acids is 1. The number of hydrogen-bond acceptors (Lipinski definition) is 4. The highest BCUT2D eigenvalue weighted by Gasteiger charge is 2.22. The first kappa shape index (κ1) is 15.5. The second-order valence-electron chi connectivity index (χ2n) is 4.09. The van der Waals surface area contributed by atoms with E-state index in [0.29, 0.717) is 0 Å². The highest BCUT2D eigenvalue weighted by molar-refractivity contribution is 7.89. The van der Waals surface area contributed by atoms with Crippen LogP contribution in [0.5, 0.6) is 0 Å². The molecule has 0 aromatic heterocycles. The van der Waals surface area contributed by atoms with Gasteiger partial charge < -0.3 is 10.2 Å². The molecule has 19 heavy (non-hydrogen) atoms. The van der Waals surface area contributed by atoms with E-state index in [1.807, 2.05) is 0 Å². The molecule has 0 radical (unpaired) electrons. The molecule has 1 rings (SSSR count). The lowest BCUT2D eigenvalue weighted by atomic mass is 10.1. The van der Waals surface area contributed by atoms with E-state index >= 15 is 0 Å².